The second-order valence-electron chi connectivity index (χ2n) is 1.63. The van der Waals surface area contributed by atoms with Gasteiger partial charge in [0.25, 0.3) is 7.45 Å². The lowest BCUT2D eigenvalue weighted by atomic mass is 10.6. The monoisotopic (exact) mass is 120 g/mol. The standard InChI is InChI=1S/C4H6FOP/c5-7(6)3-1-2-4-7/h1-2H,3-4H2. The van der Waals surface area contributed by atoms with Crippen LogP contribution in [0, 0.1) is 0 Å². The van der Waals surface area contributed by atoms with Gasteiger partial charge in [-0.25, -0.2) is 0 Å². The molecule has 1 heterocycles. The maximum atomic E-state index is 12.1. The van der Waals surface area contributed by atoms with Crippen LogP contribution in [0.2, 0.25) is 0 Å². The molecule has 1 aliphatic heterocycles. The number of allylic oxidation sites excluding steroid dienone is 2. The number of halogens is 1. The van der Waals surface area contributed by atoms with Crippen molar-refractivity contribution in [1.29, 1.82) is 0 Å². The fourth-order valence-corrected chi connectivity index (χ4v) is 1.62. The predicted molar refractivity (Wildman–Crippen MR) is 27.6 cm³/mol. The maximum absolute atomic E-state index is 12.1. The van der Waals surface area contributed by atoms with Crippen LogP contribution >= 0.6 is 7.45 Å². The third-order valence-electron chi connectivity index (χ3n) is 0.923. The first-order valence-corrected chi connectivity index (χ1v) is 4.10. The van der Waals surface area contributed by atoms with Crippen molar-refractivity contribution >= 4 is 7.45 Å². The van der Waals surface area contributed by atoms with E-state index in [-0.39, 0.29) is 12.3 Å². The third-order valence-corrected chi connectivity index (χ3v) is 2.43. The molecule has 0 atom stereocenters. The molecule has 3 heteroatoms. The van der Waals surface area contributed by atoms with Gasteiger partial charge < -0.3 is 0 Å². The fourth-order valence-electron chi connectivity index (χ4n) is 0.538. The summed E-state index contributed by atoms with van der Waals surface area (Å²) in [7, 11) is -3.15. The fraction of sp³-hybridized carbons (Fsp3) is 0.500. The summed E-state index contributed by atoms with van der Waals surface area (Å²) in [6, 6.07) is 0. The van der Waals surface area contributed by atoms with E-state index >= 15 is 0 Å². The summed E-state index contributed by atoms with van der Waals surface area (Å²) < 4.78 is 22.4. The van der Waals surface area contributed by atoms with Crippen molar-refractivity contribution in [1.82, 2.24) is 0 Å². The van der Waals surface area contributed by atoms with Crippen molar-refractivity contribution in [3.05, 3.63) is 12.2 Å². The Morgan fingerprint density at radius 1 is 1.43 bits per heavy atom. The van der Waals surface area contributed by atoms with Crippen LogP contribution in [0.15, 0.2) is 12.2 Å². The van der Waals surface area contributed by atoms with Crippen molar-refractivity contribution in [2.75, 3.05) is 12.3 Å². The summed E-state index contributed by atoms with van der Waals surface area (Å²) >= 11 is 0. The van der Waals surface area contributed by atoms with Crippen LogP contribution in [-0.4, -0.2) is 12.3 Å². The Morgan fingerprint density at radius 3 is 2.00 bits per heavy atom. The van der Waals surface area contributed by atoms with E-state index in [1.165, 1.54) is 0 Å². The van der Waals surface area contributed by atoms with E-state index in [0.717, 1.165) is 0 Å². The average molecular weight is 120 g/mol. The van der Waals surface area contributed by atoms with Gasteiger partial charge in [0.1, 0.15) is 0 Å². The van der Waals surface area contributed by atoms with Crippen LogP contribution in [0.25, 0.3) is 0 Å². The van der Waals surface area contributed by atoms with Gasteiger partial charge >= 0.3 is 0 Å². The molecule has 40 valence electrons. The zero-order valence-corrected chi connectivity index (χ0v) is 4.70. The Morgan fingerprint density at radius 2 is 1.86 bits per heavy atom. The lowest BCUT2D eigenvalue weighted by Crippen LogP contribution is -1.71. The highest BCUT2D eigenvalue weighted by Gasteiger charge is 2.20. The molecule has 0 aromatic rings. The second-order valence-corrected chi connectivity index (χ2v) is 3.94. The highest BCUT2D eigenvalue weighted by molar-refractivity contribution is 7.59. The molecule has 0 unspecified atom stereocenters. The maximum Gasteiger partial charge on any atom is 0.251 e. The van der Waals surface area contributed by atoms with Crippen LogP contribution in [0.4, 0.5) is 4.20 Å². The topological polar surface area (TPSA) is 17.1 Å². The first-order valence-electron chi connectivity index (χ1n) is 2.13. The molecule has 1 aliphatic rings. The minimum absolute atomic E-state index is 0.160. The van der Waals surface area contributed by atoms with E-state index in [1.807, 2.05) is 0 Å². The number of hydrogen-bond donors (Lipinski definition) is 0. The summed E-state index contributed by atoms with van der Waals surface area (Å²) in [5, 5.41) is 0. The highest BCUT2D eigenvalue weighted by atomic mass is 31.2. The van der Waals surface area contributed by atoms with E-state index in [4.69, 9.17) is 0 Å². The molecular formula is C4H6FOP. The molecule has 0 fully saturated rings. The second kappa shape index (κ2) is 1.45. The van der Waals surface area contributed by atoms with Crippen molar-refractivity contribution in [2.45, 2.75) is 0 Å². The lowest BCUT2D eigenvalue weighted by molar-refractivity contribution is 0.547. The van der Waals surface area contributed by atoms with Crippen LogP contribution in [0.3, 0.4) is 0 Å². The highest BCUT2D eigenvalue weighted by Crippen LogP contribution is 2.50. The third kappa shape index (κ3) is 1.13. The lowest BCUT2D eigenvalue weighted by Gasteiger charge is -1.91. The molecule has 0 N–H and O–H groups in total. The Labute approximate surface area is 41.7 Å². The van der Waals surface area contributed by atoms with Gasteiger partial charge in [-0.2, -0.15) is 4.20 Å². The predicted octanol–water partition coefficient (Wildman–Crippen LogP) is 1.80. The number of hydrogen-bond acceptors (Lipinski definition) is 1. The molecule has 0 aliphatic carbocycles. The minimum Gasteiger partial charge on any atom is -0.287 e. The Hall–Kier alpha value is -0.100. The Balaban J connectivity index is 2.67. The average Bonchev–Trinajstić information content (AvgIpc) is 1.84. The normalized spacial score (nSPS) is 25.9. The molecule has 0 radical (unpaired) electrons. The summed E-state index contributed by atoms with van der Waals surface area (Å²) in [6.07, 6.45) is 3.57. The van der Waals surface area contributed by atoms with E-state index in [1.54, 1.807) is 12.2 Å². The van der Waals surface area contributed by atoms with Gasteiger partial charge in [-0.3, -0.25) is 4.57 Å². The van der Waals surface area contributed by atoms with Crippen molar-refractivity contribution in [3.8, 4) is 0 Å². The van der Waals surface area contributed by atoms with Crippen molar-refractivity contribution < 1.29 is 8.76 Å². The first kappa shape index (κ1) is 5.04. The van der Waals surface area contributed by atoms with E-state index < -0.39 is 7.45 Å². The summed E-state index contributed by atoms with van der Waals surface area (Å²) in [4.78, 5) is 0. The van der Waals surface area contributed by atoms with Gasteiger partial charge in [-0.1, -0.05) is 12.2 Å². The molecular weight excluding hydrogens is 114 g/mol. The van der Waals surface area contributed by atoms with Crippen molar-refractivity contribution in [3.63, 3.8) is 0 Å². The molecule has 0 bridgehead atoms. The molecule has 0 saturated heterocycles. The minimum atomic E-state index is -3.15. The number of rotatable bonds is 0. The zero-order valence-electron chi connectivity index (χ0n) is 3.80. The largest absolute Gasteiger partial charge is 0.287 e. The van der Waals surface area contributed by atoms with Gasteiger partial charge in [0, 0.05) is 12.3 Å². The van der Waals surface area contributed by atoms with Crippen molar-refractivity contribution in [2.24, 2.45) is 0 Å². The first-order chi connectivity index (χ1) is 3.21. The molecule has 0 aromatic carbocycles. The SMILES string of the molecule is O=P1(F)CC=CC1. The molecule has 0 aromatic heterocycles. The molecule has 0 amide bonds. The van der Waals surface area contributed by atoms with Gasteiger partial charge in [-0.05, 0) is 0 Å². The molecule has 1 nitrogen and oxygen atoms in total. The Bertz CT molecular complexity index is 129. The van der Waals surface area contributed by atoms with Gasteiger partial charge in [-0.15, -0.1) is 0 Å². The van der Waals surface area contributed by atoms with Gasteiger partial charge in [0.15, 0.2) is 0 Å². The summed E-state index contributed by atoms with van der Waals surface area (Å²) in [5.41, 5.74) is 0. The van der Waals surface area contributed by atoms with Crippen LogP contribution < -0.4 is 0 Å². The van der Waals surface area contributed by atoms with E-state index in [2.05, 4.69) is 0 Å². The quantitative estimate of drug-likeness (QED) is 0.352. The van der Waals surface area contributed by atoms with Crippen LogP contribution in [0.5, 0.6) is 0 Å². The smallest absolute Gasteiger partial charge is 0.251 e. The van der Waals surface area contributed by atoms with Crippen LogP contribution in [-0.2, 0) is 4.57 Å². The molecule has 7 heavy (non-hydrogen) atoms. The molecule has 0 spiro atoms. The van der Waals surface area contributed by atoms with E-state index in [0.29, 0.717) is 0 Å². The van der Waals surface area contributed by atoms with E-state index in [9.17, 15) is 8.76 Å². The molecule has 0 saturated carbocycles. The van der Waals surface area contributed by atoms with Crippen LogP contribution in [0.1, 0.15) is 0 Å². The van der Waals surface area contributed by atoms with Gasteiger partial charge in [0.05, 0.1) is 0 Å². The summed E-state index contributed by atoms with van der Waals surface area (Å²) in [5.74, 6) is 0. The zero-order chi connectivity index (χ0) is 5.33. The molecule has 1 rings (SSSR count). The summed E-state index contributed by atoms with van der Waals surface area (Å²) in [6.45, 7) is 0. The Kier molecular flexibility index (Phi) is 1.04. The van der Waals surface area contributed by atoms with Gasteiger partial charge in [0.2, 0.25) is 0 Å².